The van der Waals surface area contributed by atoms with Gasteiger partial charge < -0.3 is 10.1 Å². The summed E-state index contributed by atoms with van der Waals surface area (Å²) in [6.45, 7) is 0.327. The average Bonchev–Trinajstić information content (AvgIpc) is 2.76. The van der Waals surface area contributed by atoms with Crippen LogP contribution in [0.5, 0.6) is 0 Å². The van der Waals surface area contributed by atoms with Crippen molar-refractivity contribution in [3.05, 3.63) is 18.5 Å². The normalized spacial score (nSPS) is 11.5. The Morgan fingerprint density at radius 2 is 2.12 bits per heavy atom. The highest BCUT2D eigenvalue weighted by Crippen LogP contribution is 2.06. The fourth-order valence-corrected chi connectivity index (χ4v) is 2.39. The van der Waals surface area contributed by atoms with Crippen molar-refractivity contribution >= 4 is 16.0 Å². The molecule has 1 rings (SSSR count). The molecular weight excluding hydrogens is 244 g/mol. The van der Waals surface area contributed by atoms with Crippen molar-refractivity contribution in [1.29, 1.82) is 0 Å². The van der Waals surface area contributed by atoms with Gasteiger partial charge in [0.05, 0.1) is 4.90 Å². The summed E-state index contributed by atoms with van der Waals surface area (Å²) >= 11 is 0. The number of sulfonamides is 1. The molecular formula is C10H16N2O4S. The fraction of sp³-hybridized carbons (Fsp3) is 0.500. The zero-order chi connectivity index (χ0) is 12.7. The number of nitrogens with one attached hydrogen (secondary N) is 2. The molecule has 0 aliphatic carbocycles. The van der Waals surface area contributed by atoms with Crippen LogP contribution in [0.25, 0.3) is 0 Å². The number of H-pyrrole nitrogens is 1. The van der Waals surface area contributed by atoms with Gasteiger partial charge in [0.25, 0.3) is 0 Å². The van der Waals surface area contributed by atoms with Gasteiger partial charge in [-0.05, 0) is 18.9 Å². The monoisotopic (exact) mass is 260 g/mol. The maximum Gasteiger partial charge on any atom is 0.303 e. The van der Waals surface area contributed by atoms with Gasteiger partial charge in [-0.25, -0.2) is 13.1 Å². The predicted molar refractivity (Wildman–Crippen MR) is 62.1 cm³/mol. The van der Waals surface area contributed by atoms with Crippen molar-refractivity contribution in [3.8, 4) is 0 Å². The van der Waals surface area contributed by atoms with Gasteiger partial charge in [0.2, 0.25) is 10.0 Å². The molecule has 1 heterocycles. The number of carboxylic acids is 1. The summed E-state index contributed by atoms with van der Waals surface area (Å²) in [4.78, 5) is 13.1. The van der Waals surface area contributed by atoms with E-state index in [0.717, 1.165) is 0 Å². The number of unbranched alkanes of at least 4 members (excludes halogenated alkanes) is 2. The van der Waals surface area contributed by atoms with Crippen LogP contribution in [0.2, 0.25) is 0 Å². The first kappa shape index (κ1) is 13.7. The van der Waals surface area contributed by atoms with Crippen molar-refractivity contribution in [2.45, 2.75) is 30.6 Å². The summed E-state index contributed by atoms with van der Waals surface area (Å²) in [6, 6.07) is 1.48. The number of aromatic amines is 1. The highest BCUT2D eigenvalue weighted by molar-refractivity contribution is 7.89. The van der Waals surface area contributed by atoms with Crippen LogP contribution in [0.4, 0.5) is 0 Å². The van der Waals surface area contributed by atoms with E-state index in [0.29, 0.717) is 25.8 Å². The molecule has 6 nitrogen and oxygen atoms in total. The topological polar surface area (TPSA) is 99.3 Å². The molecule has 96 valence electrons. The van der Waals surface area contributed by atoms with Gasteiger partial charge in [0, 0.05) is 25.4 Å². The molecule has 0 atom stereocenters. The van der Waals surface area contributed by atoms with Gasteiger partial charge in [0.15, 0.2) is 0 Å². The maximum absolute atomic E-state index is 11.6. The van der Waals surface area contributed by atoms with Crippen LogP contribution in [-0.4, -0.2) is 31.0 Å². The first-order valence-corrected chi connectivity index (χ1v) is 6.85. The van der Waals surface area contributed by atoms with Gasteiger partial charge in [-0.15, -0.1) is 0 Å². The maximum atomic E-state index is 11.6. The summed E-state index contributed by atoms with van der Waals surface area (Å²) in [5.74, 6) is -0.821. The van der Waals surface area contributed by atoms with E-state index in [1.54, 1.807) is 6.20 Å². The van der Waals surface area contributed by atoms with Gasteiger partial charge in [-0.1, -0.05) is 6.42 Å². The van der Waals surface area contributed by atoms with Crippen LogP contribution < -0.4 is 4.72 Å². The quantitative estimate of drug-likeness (QED) is 0.606. The zero-order valence-electron chi connectivity index (χ0n) is 9.35. The molecule has 0 radical (unpaired) electrons. The van der Waals surface area contributed by atoms with Crippen LogP contribution in [0.1, 0.15) is 25.7 Å². The van der Waals surface area contributed by atoms with Crippen molar-refractivity contribution in [2.75, 3.05) is 6.54 Å². The smallest absolute Gasteiger partial charge is 0.303 e. The number of rotatable bonds is 8. The number of hydrogen-bond donors (Lipinski definition) is 3. The summed E-state index contributed by atoms with van der Waals surface area (Å²) in [5.41, 5.74) is 0. The second kappa shape index (κ2) is 6.41. The molecule has 1 aromatic heterocycles. The molecule has 3 N–H and O–H groups in total. The standard InChI is InChI=1S/C10H16N2O4S/c13-10(14)4-2-1-3-6-12-17(15,16)9-5-7-11-8-9/h5,7-8,11-12H,1-4,6H2,(H,13,14). The number of aromatic nitrogens is 1. The molecule has 7 heteroatoms. The third-order valence-electron chi connectivity index (χ3n) is 2.24. The molecule has 0 bridgehead atoms. The largest absolute Gasteiger partial charge is 0.481 e. The van der Waals surface area contributed by atoms with Gasteiger partial charge in [-0.2, -0.15) is 0 Å². The van der Waals surface area contributed by atoms with Crippen LogP contribution in [0.15, 0.2) is 23.4 Å². The van der Waals surface area contributed by atoms with E-state index >= 15 is 0 Å². The Morgan fingerprint density at radius 3 is 2.71 bits per heavy atom. The minimum absolute atomic E-state index is 0.130. The summed E-state index contributed by atoms with van der Waals surface area (Å²) in [5, 5.41) is 8.41. The van der Waals surface area contributed by atoms with Gasteiger partial charge >= 0.3 is 5.97 Å². The Bertz CT molecular complexity index is 439. The highest BCUT2D eigenvalue weighted by atomic mass is 32.2. The molecule has 0 aliphatic heterocycles. The van der Waals surface area contributed by atoms with E-state index in [1.807, 2.05) is 0 Å². The molecule has 0 amide bonds. The van der Waals surface area contributed by atoms with Crippen molar-refractivity contribution in [3.63, 3.8) is 0 Å². The lowest BCUT2D eigenvalue weighted by atomic mass is 10.2. The molecule has 1 aromatic rings. The minimum atomic E-state index is -3.42. The zero-order valence-corrected chi connectivity index (χ0v) is 10.2. The molecule has 0 unspecified atom stereocenters. The van der Waals surface area contributed by atoms with E-state index in [1.165, 1.54) is 12.3 Å². The molecule has 17 heavy (non-hydrogen) atoms. The van der Waals surface area contributed by atoms with Crippen molar-refractivity contribution < 1.29 is 18.3 Å². The van der Waals surface area contributed by atoms with Crippen molar-refractivity contribution in [2.24, 2.45) is 0 Å². The Hall–Kier alpha value is -1.34. The Labute approximate surface area is 100 Å². The summed E-state index contributed by atoms with van der Waals surface area (Å²) in [6.07, 6.45) is 4.98. The Balaban J connectivity index is 2.21. The van der Waals surface area contributed by atoms with Gasteiger partial charge in [0.1, 0.15) is 0 Å². The number of aliphatic carboxylic acids is 1. The highest BCUT2D eigenvalue weighted by Gasteiger charge is 2.12. The van der Waals surface area contributed by atoms with E-state index in [4.69, 9.17) is 5.11 Å². The van der Waals surface area contributed by atoms with Crippen LogP contribution in [0.3, 0.4) is 0 Å². The second-order valence-corrected chi connectivity index (χ2v) is 5.42. The van der Waals surface area contributed by atoms with Gasteiger partial charge in [-0.3, -0.25) is 4.79 Å². The molecule has 0 saturated carbocycles. The Morgan fingerprint density at radius 1 is 1.35 bits per heavy atom. The molecule has 0 spiro atoms. The van der Waals surface area contributed by atoms with E-state index < -0.39 is 16.0 Å². The minimum Gasteiger partial charge on any atom is -0.481 e. The number of carboxylic acid groups (broad SMARTS) is 1. The van der Waals surface area contributed by atoms with Crippen LogP contribution in [0, 0.1) is 0 Å². The average molecular weight is 260 g/mol. The lowest BCUT2D eigenvalue weighted by Gasteiger charge is -2.04. The summed E-state index contributed by atoms with van der Waals surface area (Å²) < 4.78 is 25.7. The van der Waals surface area contributed by atoms with E-state index in [9.17, 15) is 13.2 Å². The fourth-order valence-electron chi connectivity index (χ4n) is 1.34. The second-order valence-electron chi connectivity index (χ2n) is 3.65. The van der Waals surface area contributed by atoms with Crippen LogP contribution >= 0.6 is 0 Å². The lowest BCUT2D eigenvalue weighted by Crippen LogP contribution is -2.24. The number of hydrogen-bond acceptors (Lipinski definition) is 3. The Kier molecular flexibility index (Phi) is 5.17. The number of carbonyl (C=O) groups is 1. The SMILES string of the molecule is O=C(O)CCCCCNS(=O)(=O)c1cc[nH]c1. The van der Waals surface area contributed by atoms with E-state index in [2.05, 4.69) is 9.71 Å². The van der Waals surface area contributed by atoms with Crippen LogP contribution in [-0.2, 0) is 14.8 Å². The van der Waals surface area contributed by atoms with E-state index in [-0.39, 0.29) is 11.3 Å². The summed E-state index contributed by atoms with van der Waals surface area (Å²) in [7, 11) is -3.42. The molecule has 0 saturated heterocycles. The van der Waals surface area contributed by atoms with Crippen molar-refractivity contribution in [1.82, 2.24) is 9.71 Å². The molecule has 0 aliphatic rings. The lowest BCUT2D eigenvalue weighted by molar-refractivity contribution is -0.137. The first-order chi connectivity index (χ1) is 8.02. The third kappa shape index (κ3) is 5.01. The third-order valence-corrected chi connectivity index (χ3v) is 3.70. The molecule has 0 aromatic carbocycles. The molecule has 0 fully saturated rings. The predicted octanol–water partition coefficient (Wildman–Crippen LogP) is 0.938. The first-order valence-electron chi connectivity index (χ1n) is 5.36.